The third kappa shape index (κ3) is 2.83. The van der Waals surface area contributed by atoms with Gasteiger partial charge in [0.25, 0.3) is 0 Å². The smallest absolute Gasteiger partial charge is 0.197 e. The van der Waals surface area contributed by atoms with Crippen LogP contribution in [0, 0.1) is 0 Å². The first-order chi connectivity index (χ1) is 14.5. The lowest BCUT2D eigenvalue weighted by Gasteiger charge is -2.17. The molecular formula is C24H18Cl2N2O2. The van der Waals surface area contributed by atoms with E-state index in [1.54, 1.807) is 24.3 Å². The van der Waals surface area contributed by atoms with Crippen LogP contribution in [0.15, 0.2) is 58.1 Å². The topological polar surface area (TPSA) is 54.9 Å². The Balaban J connectivity index is 2.03. The number of hydrogen-bond donors (Lipinski definition) is 1. The molecular weight excluding hydrogens is 419 g/mol. The van der Waals surface area contributed by atoms with E-state index in [1.165, 1.54) is 0 Å². The van der Waals surface area contributed by atoms with Crippen molar-refractivity contribution in [3.05, 3.63) is 79.0 Å². The second-order valence-electron chi connectivity index (χ2n) is 7.53. The third-order valence-electron chi connectivity index (χ3n) is 5.63. The maximum Gasteiger partial charge on any atom is 0.197 e. The van der Waals surface area contributed by atoms with Gasteiger partial charge in [0.05, 0.1) is 21.6 Å². The summed E-state index contributed by atoms with van der Waals surface area (Å²) in [7, 11) is 0. The van der Waals surface area contributed by atoms with Crippen LogP contribution in [0.3, 0.4) is 0 Å². The van der Waals surface area contributed by atoms with E-state index in [0.29, 0.717) is 54.7 Å². The van der Waals surface area contributed by atoms with Crippen LogP contribution in [0.25, 0.3) is 43.6 Å². The fourth-order valence-corrected chi connectivity index (χ4v) is 4.79. The predicted molar refractivity (Wildman–Crippen MR) is 126 cm³/mol. The normalized spacial score (nSPS) is 11.8. The van der Waals surface area contributed by atoms with Gasteiger partial charge < -0.3 is 9.55 Å². The Hall–Kier alpha value is -2.82. The average molecular weight is 437 g/mol. The molecule has 0 spiro atoms. The highest BCUT2D eigenvalue weighted by molar-refractivity contribution is 6.38. The Morgan fingerprint density at radius 1 is 0.867 bits per heavy atom. The number of aromatic amines is 1. The molecule has 6 heteroatoms. The molecule has 30 heavy (non-hydrogen) atoms. The molecule has 0 bridgehead atoms. The molecule has 0 radical (unpaired) electrons. The van der Waals surface area contributed by atoms with E-state index in [9.17, 15) is 9.59 Å². The van der Waals surface area contributed by atoms with Crippen molar-refractivity contribution in [2.75, 3.05) is 0 Å². The Kier molecular flexibility index (Phi) is 4.57. The number of H-pyrrole nitrogens is 1. The molecule has 0 atom stereocenters. The van der Waals surface area contributed by atoms with Crippen LogP contribution in [0.2, 0.25) is 10.0 Å². The largest absolute Gasteiger partial charge is 0.354 e. The van der Waals surface area contributed by atoms with E-state index in [4.69, 9.17) is 23.2 Å². The fraction of sp³-hybridized carbons (Fsp3) is 0.167. The number of benzene rings is 3. The van der Waals surface area contributed by atoms with Crippen molar-refractivity contribution in [2.45, 2.75) is 26.3 Å². The molecule has 5 aromatic rings. The van der Waals surface area contributed by atoms with E-state index >= 15 is 0 Å². The van der Waals surface area contributed by atoms with Gasteiger partial charge in [-0.1, -0.05) is 48.7 Å². The zero-order valence-electron chi connectivity index (χ0n) is 16.3. The summed E-state index contributed by atoms with van der Waals surface area (Å²) in [6.07, 6.45) is 1.90. The summed E-state index contributed by atoms with van der Waals surface area (Å²) in [5, 5.41) is 3.05. The second-order valence-corrected chi connectivity index (χ2v) is 8.38. The van der Waals surface area contributed by atoms with Crippen molar-refractivity contribution < 1.29 is 0 Å². The zero-order chi connectivity index (χ0) is 21.0. The van der Waals surface area contributed by atoms with Crippen LogP contribution >= 0.6 is 23.2 Å². The van der Waals surface area contributed by atoms with Gasteiger partial charge in [-0.15, -0.1) is 0 Å². The van der Waals surface area contributed by atoms with Gasteiger partial charge in [0.15, 0.2) is 10.9 Å². The lowest BCUT2D eigenvalue weighted by molar-refractivity contribution is 0.663. The summed E-state index contributed by atoms with van der Waals surface area (Å²) in [6.45, 7) is 2.79. The molecule has 0 saturated heterocycles. The van der Waals surface area contributed by atoms with Crippen LogP contribution in [0.4, 0.5) is 0 Å². The van der Waals surface area contributed by atoms with Crippen LogP contribution in [-0.2, 0) is 6.54 Å². The Bertz CT molecular complexity index is 1600. The minimum atomic E-state index is -0.145. The number of rotatable bonds is 3. The minimum absolute atomic E-state index is 0.0574. The quantitative estimate of drug-likeness (QED) is 0.339. The van der Waals surface area contributed by atoms with Gasteiger partial charge in [-0.2, -0.15) is 0 Å². The average Bonchev–Trinajstić information content (AvgIpc) is 2.73. The minimum Gasteiger partial charge on any atom is -0.354 e. The molecule has 0 fully saturated rings. The van der Waals surface area contributed by atoms with Crippen molar-refractivity contribution in [3.8, 4) is 0 Å². The van der Waals surface area contributed by atoms with Crippen LogP contribution in [0.1, 0.15) is 19.8 Å². The molecule has 0 amide bonds. The van der Waals surface area contributed by atoms with E-state index < -0.39 is 0 Å². The molecule has 0 aliphatic heterocycles. The van der Waals surface area contributed by atoms with Gasteiger partial charge in [-0.05, 0) is 42.8 Å². The van der Waals surface area contributed by atoms with E-state index in [-0.39, 0.29) is 10.9 Å². The highest BCUT2D eigenvalue weighted by Crippen LogP contribution is 2.31. The Morgan fingerprint density at radius 2 is 1.63 bits per heavy atom. The molecule has 1 N–H and O–H groups in total. The molecule has 5 rings (SSSR count). The van der Waals surface area contributed by atoms with Crippen molar-refractivity contribution in [1.82, 2.24) is 9.55 Å². The van der Waals surface area contributed by atoms with Gasteiger partial charge in [-0.3, -0.25) is 9.59 Å². The number of nitrogens with one attached hydrogen (secondary N) is 1. The summed E-state index contributed by atoms with van der Waals surface area (Å²) >= 11 is 12.7. The van der Waals surface area contributed by atoms with Gasteiger partial charge in [0.1, 0.15) is 0 Å². The van der Waals surface area contributed by atoms with Gasteiger partial charge >= 0.3 is 0 Å². The molecule has 0 aliphatic carbocycles. The van der Waals surface area contributed by atoms with Crippen LogP contribution in [-0.4, -0.2) is 9.55 Å². The summed E-state index contributed by atoms with van der Waals surface area (Å²) in [6, 6.07) is 14.3. The summed E-state index contributed by atoms with van der Waals surface area (Å²) in [5.74, 6) is 0. The third-order valence-corrected chi connectivity index (χ3v) is 6.14. The standard InChI is InChI=1S/C24H18Cl2N2O2/c1-2-3-8-28-21-12-15-20(27-19-7-5-4-6-14(19)23(15)29)11-16(21)24(30)17-9-13(25)10-18(26)22(17)28/h4-7,9-12H,2-3,8H2,1H3,(H,27,29). The Morgan fingerprint density at radius 3 is 2.43 bits per heavy atom. The van der Waals surface area contributed by atoms with Crippen molar-refractivity contribution in [3.63, 3.8) is 0 Å². The van der Waals surface area contributed by atoms with E-state index in [0.717, 1.165) is 18.4 Å². The number of unbranched alkanes of at least 4 members (excludes halogenated alkanes) is 1. The molecule has 3 aromatic carbocycles. The number of fused-ring (bicyclic) bond motifs is 4. The fourth-order valence-electron chi connectivity index (χ4n) is 4.19. The van der Waals surface area contributed by atoms with Crippen molar-refractivity contribution in [2.24, 2.45) is 0 Å². The molecule has 150 valence electrons. The lowest BCUT2D eigenvalue weighted by atomic mass is 10.0. The number of pyridine rings is 2. The summed E-state index contributed by atoms with van der Waals surface area (Å²) < 4.78 is 2.04. The van der Waals surface area contributed by atoms with Gasteiger partial charge in [0.2, 0.25) is 0 Å². The SMILES string of the molecule is CCCCn1c2cc3c(=O)c4ccccc4[nH]c3cc2c(=O)c2cc(Cl)cc(Cl)c21. The molecule has 0 aliphatic rings. The highest BCUT2D eigenvalue weighted by Gasteiger charge is 2.17. The van der Waals surface area contributed by atoms with Crippen LogP contribution in [0.5, 0.6) is 0 Å². The first-order valence-corrected chi connectivity index (χ1v) is 10.6. The van der Waals surface area contributed by atoms with Gasteiger partial charge in [0, 0.05) is 38.6 Å². The van der Waals surface area contributed by atoms with E-state index in [1.807, 2.05) is 28.8 Å². The highest BCUT2D eigenvalue weighted by atomic mass is 35.5. The summed E-state index contributed by atoms with van der Waals surface area (Å²) in [5.41, 5.74) is 2.54. The summed E-state index contributed by atoms with van der Waals surface area (Å²) in [4.78, 5) is 29.9. The maximum atomic E-state index is 13.4. The van der Waals surface area contributed by atoms with Crippen molar-refractivity contribution in [1.29, 1.82) is 0 Å². The maximum absolute atomic E-state index is 13.4. The molecule has 2 heterocycles. The van der Waals surface area contributed by atoms with Gasteiger partial charge in [-0.25, -0.2) is 0 Å². The number of halogens is 2. The molecule has 2 aromatic heterocycles. The predicted octanol–water partition coefficient (Wildman–Crippen LogP) is 6.26. The monoisotopic (exact) mass is 436 g/mol. The van der Waals surface area contributed by atoms with E-state index in [2.05, 4.69) is 11.9 Å². The first kappa shape index (κ1) is 19.2. The lowest BCUT2D eigenvalue weighted by Crippen LogP contribution is -2.14. The second kappa shape index (κ2) is 7.15. The number of hydrogen-bond acceptors (Lipinski definition) is 2. The molecule has 0 saturated carbocycles. The number of aromatic nitrogens is 2. The number of para-hydroxylation sites is 1. The Labute approximate surface area is 181 Å². The molecule has 0 unspecified atom stereocenters. The number of aryl methyl sites for hydroxylation is 1. The molecule has 4 nitrogen and oxygen atoms in total. The zero-order valence-corrected chi connectivity index (χ0v) is 17.8. The van der Waals surface area contributed by atoms with Crippen molar-refractivity contribution >= 4 is 66.8 Å². The number of nitrogens with zero attached hydrogens (tertiary/aromatic N) is 1. The first-order valence-electron chi connectivity index (χ1n) is 9.89. The van der Waals surface area contributed by atoms with Crippen LogP contribution < -0.4 is 10.9 Å².